The number of nitrogens with zero attached hydrogens (tertiary/aromatic N) is 3. The summed E-state index contributed by atoms with van der Waals surface area (Å²) in [5, 5.41) is 8.77. The fourth-order valence-corrected chi connectivity index (χ4v) is 2.49. The van der Waals surface area contributed by atoms with Gasteiger partial charge in [0.25, 0.3) is 0 Å². The lowest BCUT2D eigenvalue weighted by atomic mass is 10.2. The fourth-order valence-electron chi connectivity index (χ4n) is 1.82. The molecule has 3 rings (SSSR count). The maximum Gasteiger partial charge on any atom is 0.218 e. The first-order valence-electron chi connectivity index (χ1n) is 6.43. The summed E-state index contributed by atoms with van der Waals surface area (Å²) in [7, 11) is 0. The van der Waals surface area contributed by atoms with Crippen LogP contribution in [0.5, 0.6) is 0 Å². The molecule has 0 fully saturated rings. The van der Waals surface area contributed by atoms with E-state index in [1.54, 1.807) is 18.4 Å². The first kappa shape index (κ1) is 13.5. The molecule has 6 heteroatoms. The van der Waals surface area contributed by atoms with Crippen LogP contribution in [0.15, 0.2) is 64.4 Å². The zero-order valence-electron chi connectivity index (χ0n) is 11.2. The number of hydrogen-bond acceptors (Lipinski definition) is 5. The summed E-state index contributed by atoms with van der Waals surface area (Å²) in [4.78, 5) is 0. The minimum atomic E-state index is 0.523. The van der Waals surface area contributed by atoms with Crippen LogP contribution in [0.4, 0.5) is 0 Å². The van der Waals surface area contributed by atoms with Crippen LogP contribution in [-0.2, 0) is 0 Å². The standard InChI is InChI=1S/C15H14N4OS/c16-19-14(13-9-4-10-20-13)17-18-15(19)21-11-5-8-12-6-2-1-3-7-12/h1-10H,11,16H2. The van der Waals surface area contributed by atoms with Gasteiger partial charge in [0.15, 0.2) is 5.76 Å². The Morgan fingerprint density at radius 2 is 2.00 bits per heavy atom. The van der Waals surface area contributed by atoms with Gasteiger partial charge in [-0.3, -0.25) is 0 Å². The summed E-state index contributed by atoms with van der Waals surface area (Å²) >= 11 is 1.52. The third-order valence-corrected chi connectivity index (χ3v) is 3.72. The molecule has 0 aliphatic carbocycles. The van der Waals surface area contributed by atoms with E-state index < -0.39 is 0 Å². The number of thioether (sulfide) groups is 1. The molecule has 0 amide bonds. The van der Waals surface area contributed by atoms with E-state index in [0.29, 0.717) is 16.7 Å². The molecule has 0 aliphatic heterocycles. The zero-order valence-corrected chi connectivity index (χ0v) is 12.0. The monoisotopic (exact) mass is 298 g/mol. The normalized spacial score (nSPS) is 11.2. The third-order valence-electron chi connectivity index (χ3n) is 2.82. The summed E-state index contributed by atoms with van der Waals surface area (Å²) in [6.07, 6.45) is 5.72. The highest BCUT2D eigenvalue weighted by Gasteiger charge is 2.13. The van der Waals surface area contributed by atoms with E-state index in [1.807, 2.05) is 18.2 Å². The SMILES string of the molecule is Nn1c(SCC=Cc2ccccc2)nnc1-c1ccco1. The smallest absolute Gasteiger partial charge is 0.218 e. The van der Waals surface area contributed by atoms with Crippen molar-refractivity contribution in [2.45, 2.75) is 5.16 Å². The number of furan rings is 1. The highest BCUT2D eigenvalue weighted by Crippen LogP contribution is 2.21. The van der Waals surface area contributed by atoms with Crippen LogP contribution in [0.1, 0.15) is 5.56 Å². The molecule has 0 aliphatic rings. The van der Waals surface area contributed by atoms with Crippen molar-refractivity contribution >= 4 is 17.8 Å². The molecule has 0 bridgehead atoms. The molecule has 0 radical (unpaired) electrons. The van der Waals surface area contributed by atoms with Crippen LogP contribution >= 0.6 is 11.8 Å². The minimum absolute atomic E-state index is 0.523. The Morgan fingerprint density at radius 3 is 2.76 bits per heavy atom. The molecule has 0 spiro atoms. The highest BCUT2D eigenvalue weighted by molar-refractivity contribution is 7.99. The van der Waals surface area contributed by atoms with Gasteiger partial charge in [0.05, 0.1) is 6.26 Å². The molecule has 106 valence electrons. The molecule has 0 atom stereocenters. The van der Waals surface area contributed by atoms with Gasteiger partial charge in [-0.15, -0.1) is 10.2 Å². The Balaban J connectivity index is 1.63. The number of aromatic nitrogens is 3. The Bertz CT molecular complexity index is 719. The van der Waals surface area contributed by atoms with E-state index in [4.69, 9.17) is 10.3 Å². The second kappa shape index (κ2) is 6.32. The Morgan fingerprint density at radius 1 is 1.14 bits per heavy atom. The highest BCUT2D eigenvalue weighted by atomic mass is 32.2. The van der Waals surface area contributed by atoms with Crippen molar-refractivity contribution < 1.29 is 4.42 Å². The average molecular weight is 298 g/mol. The molecule has 0 saturated carbocycles. The molecular weight excluding hydrogens is 284 g/mol. The summed E-state index contributed by atoms with van der Waals surface area (Å²) in [6, 6.07) is 13.7. The van der Waals surface area contributed by atoms with Gasteiger partial charge in [0.2, 0.25) is 11.0 Å². The van der Waals surface area contributed by atoms with Crippen molar-refractivity contribution in [1.82, 2.24) is 14.9 Å². The van der Waals surface area contributed by atoms with Gasteiger partial charge in [-0.2, -0.15) is 0 Å². The van der Waals surface area contributed by atoms with Crippen LogP contribution in [0, 0.1) is 0 Å². The summed E-state index contributed by atoms with van der Waals surface area (Å²) in [5.74, 6) is 7.87. The maximum atomic E-state index is 5.97. The van der Waals surface area contributed by atoms with Crippen molar-refractivity contribution in [3.05, 3.63) is 60.4 Å². The molecule has 2 heterocycles. The molecular formula is C15H14N4OS. The third kappa shape index (κ3) is 3.17. The van der Waals surface area contributed by atoms with Gasteiger partial charge in [0.1, 0.15) is 0 Å². The first-order valence-corrected chi connectivity index (χ1v) is 7.42. The van der Waals surface area contributed by atoms with Crippen LogP contribution in [-0.4, -0.2) is 20.6 Å². The van der Waals surface area contributed by atoms with E-state index in [1.165, 1.54) is 22.0 Å². The van der Waals surface area contributed by atoms with Gasteiger partial charge in [-0.25, -0.2) is 4.68 Å². The maximum absolute atomic E-state index is 5.97. The topological polar surface area (TPSA) is 69.9 Å². The summed E-state index contributed by atoms with van der Waals surface area (Å²) in [5.41, 5.74) is 1.17. The van der Waals surface area contributed by atoms with Crippen molar-refractivity contribution in [2.75, 3.05) is 11.6 Å². The van der Waals surface area contributed by atoms with Crippen LogP contribution in [0.3, 0.4) is 0 Å². The molecule has 5 nitrogen and oxygen atoms in total. The van der Waals surface area contributed by atoms with Crippen LogP contribution < -0.4 is 5.84 Å². The molecule has 3 aromatic rings. The van der Waals surface area contributed by atoms with Crippen LogP contribution in [0.25, 0.3) is 17.7 Å². The van der Waals surface area contributed by atoms with Gasteiger partial charge in [-0.05, 0) is 17.7 Å². The number of rotatable bonds is 5. The Hall–Kier alpha value is -2.47. The van der Waals surface area contributed by atoms with E-state index >= 15 is 0 Å². The molecule has 2 N–H and O–H groups in total. The summed E-state index contributed by atoms with van der Waals surface area (Å²) < 4.78 is 6.71. The van der Waals surface area contributed by atoms with E-state index in [9.17, 15) is 0 Å². The van der Waals surface area contributed by atoms with Gasteiger partial charge >= 0.3 is 0 Å². The Kier molecular flexibility index (Phi) is 4.07. The minimum Gasteiger partial charge on any atom is -0.461 e. The van der Waals surface area contributed by atoms with E-state index in [2.05, 4.69) is 34.5 Å². The Labute approximate surface area is 126 Å². The lowest BCUT2D eigenvalue weighted by Gasteiger charge is -1.99. The van der Waals surface area contributed by atoms with Crippen molar-refractivity contribution in [3.63, 3.8) is 0 Å². The number of nitrogens with two attached hydrogens (primary N) is 1. The molecule has 2 aromatic heterocycles. The molecule has 1 aromatic carbocycles. The number of nitrogen functional groups attached to an aromatic ring is 1. The largest absolute Gasteiger partial charge is 0.461 e. The first-order chi connectivity index (χ1) is 10.3. The predicted octanol–water partition coefficient (Wildman–Crippen LogP) is 3.06. The molecule has 0 unspecified atom stereocenters. The molecule has 0 saturated heterocycles. The van der Waals surface area contributed by atoms with Gasteiger partial charge in [-0.1, -0.05) is 54.2 Å². The lowest BCUT2D eigenvalue weighted by Crippen LogP contribution is -2.11. The van der Waals surface area contributed by atoms with Crippen molar-refractivity contribution in [2.24, 2.45) is 0 Å². The quantitative estimate of drug-likeness (QED) is 0.579. The van der Waals surface area contributed by atoms with Crippen LogP contribution in [0.2, 0.25) is 0 Å². The lowest BCUT2D eigenvalue weighted by molar-refractivity contribution is 0.574. The average Bonchev–Trinajstić information content (AvgIpc) is 3.15. The van der Waals surface area contributed by atoms with Crippen molar-refractivity contribution in [1.29, 1.82) is 0 Å². The van der Waals surface area contributed by atoms with Gasteiger partial charge < -0.3 is 10.3 Å². The number of hydrogen-bond donors (Lipinski definition) is 1. The predicted molar refractivity (Wildman–Crippen MR) is 84.1 cm³/mol. The van der Waals surface area contributed by atoms with Gasteiger partial charge in [0, 0.05) is 5.75 Å². The fraction of sp³-hybridized carbons (Fsp3) is 0.0667. The zero-order chi connectivity index (χ0) is 14.5. The van der Waals surface area contributed by atoms with Crippen molar-refractivity contribution in [3.8, 4) is 11.6 Å². The number of benzene rings is 1. The second-order valence-corrected chi connectivity index (χ2v) is 5.26. The van der Waals surface area contributed by atoms with E-state index in [-0.39, 0.29) is 0 Å². The van der Waals surface area contributed by atoms with E-state index in [0.717, 1.165) is 5.75 Å². The second-order valence-electron chi connectivity index (χ2n) is 4.28. The summed E-state index contributed by atoms with van der Waals surface area (Å²) in [6.45, 7) is 0. The molecule has 21 heavy (non-hydrogen) atoms.